The van der Waals surface area contributed by atoms with E-state index in [-0.39, 0.29) is 12.1 Å². The molecular formula is C16H29N3O3S. The molecule has 0 aromatic carbocycles. The van der Waals surface area contributed by atoms with E-state index < -0.39 is 5.60 Å². The number of ether oxygens (including phenoxy) is 2. The van der Waals surface area contributed by atoms with Gasteiger partial charge >= 0.3 is 6.09 Å². The van der Waals surface area contributed by atoms with Crippen LogP contribution in [-0.4, -0.2) is 54.9 Å². The van der Waals surface area contributed by atoms with Crippen LogP contribution >= 0.6 is 11.3 Å². The van der Waals surface area contributed by atoms with Gasteiger partial charge in [0.25, 0.3) is 0 Å². The minimum absolute atomic E-state index is 0.155. The first kappa shape index (κ1) is 19.9. The maximum absolute atomic E-state index is 12.2. The molecule has 132 valence electrons. The number of methoxy groups -OCH3 is 1. The SMILES string of the molecule is COCCN(CCNC(C)c1csc(C)n1)C(=O)OC(C)(C)C. The predicted molar refractivity (Wildman–Crippen MR) is 93.0 cm³/mol. The largest absolute Gasteiger partial charge is 0.444 e. The van der Waals surface area contributed by atoms with Crippen LogP contribution in [0.1, 0.15) is 44.4 Å². The quantitative estimate of drug-likeness (QED) is 0.786. The molecule has 1 atom stereocenters. The van der Waals surface area contributed by atoms with Crippen molar-refractivity contribution in [1.82, 2.24) is 15.2 Å². The fourth-order valence-electron chi connectivity index (χ4n) is 1.92. The summed E-state index contributed by atoms with van der Waals surface area (Å²) in [6.07, 6.45) is -0.312. The number of amides is 1. The highest BCUT2D eigenvalue weighted by Crippen LogP contribution is 2.15. The molecule has 1 aromatic rings. The second-order valence-corrected chi connectivity index (χ2v) is 7.49. The normalized spacial score (nSPS) is 13.0. The van der Waals surface area contributed by atoms with Crippen LogP contribution in [-0.2, 0) is 9.47 Å². The molecule has 0 radical (unpaired) electrons. The Balaban J connectivity index is 2.48. The third-order valence-corrected chi connectivity index (χ3v) is 3.92. The zero-order valence-corrected chi connectivity index (χ0v) is 15.8. The van der Waals surface area contributed by atoms with Gasteiger partial charge in [-0.1, -0.05) is 0 Å². The Morgan fingerprint density at radius 3 is 2.65 bits per heavy atom. The van der Waals surface area contributed by atoms with E-state index in [1.165, 1.54) is 0 Å². The Morgan fingerprint density at radius 2 is 2.13 bits per heavy atom. The van der Waals surface area contributed by atoms with Crippen molar-refractivity contribution >= 4 is 17.4 Å². The van der Waals surface area contributed by atoms with Crippen LogP contribution in [0.3, 0.4) is 0 Å². The summed E-state index contributed by atoms with van der Waals surface area (Å²) in [5, 5.41) is 6.51. The van der Waals surface area contributed by atoms with Gasteiger partial charge in [-0.15, -0.1) is 11.3 Å². The third-order valence-electron chi connectivity index (χ3n) is 3.13. The first-order valence-electron chi connectivity index (χ1n) is 7.85. The average molecular weight is 343 g/mol. The van der Waals surface area contributed by atoms with Crippen LogP contribution in [0, 0.1) is 6.92 Å². The van der Waals surface area contributed by atoms with Crippen molar-refractivity contribution in [3.63, 3.8) is 0 Å². The molecule has 0 saturated heterocycles. The molecular weight excluding hydrogens is 314 g/mol. The summed E-state index contributed by atoms with van der Waals surface area (Å²) in [4.78, 5) is 18.4. The van der Waals surface area contributed by atoms with Crippen molar-refractivity contribution in [3.05, 3.63) is 16.1 Å². The number of carbonyl (C=O) groups excluding carboxylic acids is 1. The number of aromatic nitrogens is 1. The minimum Gasteiger partial charge on any atom is -0.444 e. The number of hydrogen-bond acceptors (Lipinski definition) is 6. The fraction of sp³-hybridized carbons (Fsp3) is 0.750. The van der Waals surface area contributed by atoms with Crippen LogP contribution < -0.4 is 5.32 Å². The van der Waals surface area contributed by atoms with Gasteiger partial charge in [0.15, 0.2) is 0 Å². The van der Waals surface area contributed by atoms with Crippen molar-refractivity contribution in [1.29, 1.82) is 0 Å². The smallest absolute Gasteiger partial charge is 0.410 e. The van der Waals surface area contributed by atoms with Crippen molar-refractivity contribution in [2.45, 2.75) is 46.3 Å². The maximum Gasteiger partial charge on any atom is 0.410 e. The Bertz CT molecular complexity index is 485. The van der Waals surface area contributed by atoms with Gasteiger partial charge in [0.05, 0.1) is 17.3 Å². The van der Waals surface area contributed by atoms with Gasteiger partial charge in [-0.05, 0) is 34.6 Å². The van der Waals surface area contributed by atoms with E-state index in [9.17, 15) is 4.79 Å². The first-order valence-corrected chi connectivity index (χ1v) is 8.73. The van der Waals surface area contributed by atoms with E-state index in [1.54, 1.807) is 23.3 Å². The van der Waals surface area contributed by atoms with Gasteiger partial charge in [0.2, 0.25) is 0 Å². The Hall–Kier alpha value is -1.18. The van der Waals surface area contributed by atoms with Crippen LogP contribution in [0.5, 0.6) is 0 Å². The lowest BCUT2D eigenvalue weighted by molar-refractivity contribution is 0.0203. The summed E-state index contributed by atoms with van der Waals surface area (Å²) < 4.78 is 10.5. The standard InChI is InChI=1S/C16H29N3O3S/c1-12(14-11-23-13(2)18-14)17-7-8-19(9-10-21-6)15(20)22-16(3,4)5/h11-12,17H,7-10H2,1-6H3. The first-order chi connectivity index (χ1) is 10.7. The van der Waals surface area contributed by atoms with Crippen LogP contribution in [0.25, 0.3) is 0 Å². The van der Waals surface area contributed by atoms with Gasteiger partial charge in [0, 0.05) is 38.2 Å². The van der Waals surface area contributed by atoms with Gasteiger partial charge < -0.3 is 19.7 Å². The lowest BCUT2D eigenvalue weighted by atomic mass is 10.2. The highest BCUT2D eigenvalue weighted by atomic mass is 32.1. The molecule has 0 fully saturated rings. The Morgan fingerprint density at radius 1 is 1.43 bits per heavy atom. The van der Waals surface area contributed by atoms with E-state index >= 15 is 0 Å². The molecule has 0 bridgehead atoms. The molecule has 0 spiro atoms. The molecule has 0 aliphatic rings. The Kier molecular flexibility index (Phi) is 7.94. The summed E-state index contributed by atoms with van der Waals surface area (Å²) in [7, 11) is 1.62. The number of nitrogens with one attached hydrogen (secondary N) is 1. The molecule has 1 heterocycles. The number of thiazole rings is 1. The van der Waals surface area contributed by atoms with Crippen LogP contribution in [0.2, 0.25) is 0 Å². The molecule has 0 saturated carbocycles. The van der Waals surface area contributed by atoms with Crippen LogP contribution in [0.15, 0.2) is 5.38 Å². The number of aryl methyl sites for hydroxylation is 1. The summed E-state index contributed by atoms with van der Waals surface area (Å²) in [5.74, 6) is 0. The lowest BCUT2D eigenvalue weighted by Gasteiger charge is -2.27. The summed E-state index contributed by atoms with van der Waals surface area (Å²) in [6.45, 7) is 11.9. The predicted octanol–water partition coefficient (Wildman–Crippen LogP) is 2.99. The Labute approximate surface area is 143 Å². The second kappa shape index (κ2) is 9.20. The molecule has 1 amide bonds. The lowest BCUT2D eigenvalue weighted by Crippen LogP contribution is -2.42. The highest BCUT2D eigenvalue weighted by molar-refractivity contribution is 7.09. The summed E-state index contributed by atoms with van der Waals surface area (Å²) >= 11 is 1.64. The number of hydrogen-bond donors (Lipinski definition) is 1. The van der Waals surface area contributed by atoms with Gasteiger partial charge in [-0.25, -0.2) is 9.78 Å². The molecule has 1 rings (SSSR count). The zero-order chi connectivity index (χ0) is 17.5. The van der Waals surface area contributed by atoms with E-state index in [1.807, 2.05) is 27.7 Å². The van der Waals surface area contributed by atoms with Crippen molar-refractivity contribution < 1.29 is 14.3 Å². The van der Waals surface area contributed by atoms with Crippen molar-refractivity contribution in [2.24, 2.45) is 0 Å². The number of rotatable bonds is 8. The summed E-state index contributed by atoms with van der Waals surface area (Å²) in [6, 6.07) is 0.155. The van der Waals surface area contributed by atoms with E-state index in [2.05, 4.69) is 22.6 Å². The second-order valence-electron chi connectivity index (χ2n) is 6.43. The fourth-order valence-corrected chi connectivity index (χ4v) is 2.63. The summed E-state index contributed by atoms with van der Waals surface area (Å²) in [5.41, 5.74) is 0.537. The highest BCUT2D eigenvalue weighted by Gasteiger charge is 2.22. The van der Waals surface area contributed by atoms with E-state index in [4.69, 9.17) is 9.47 Å². The van der Waals surface area contributed by atoms with Gasteiger partial charge in [0.1, 0.15) is 5.60 Å². The molecule has 7 heteroatoms. The molecule has 1 unspecified atom stereocenters. The molecule has 0 aliphatic heterocycles. The topological polar surface area (TPSA) is 63.7 Å². The molecule has 0 aliphatic carbocycles. The van der Waals surface area contributed by atoms with Crippen molar-refractivity contribution in [3.8, 4) is 0 Å². The average Bonchev–Trinajstić information content (AvgIpc) is 2.87. The monoisotopic (exact) mass is 343 g/mol. The van der Waals surface area contributed by atoms with Gasteiger partial charge in [-0.3, -0.25) is 0 Å². The molecule has 6 nitrogen and oxygen atoms in total. The van der Waals surface area contributed by atoms with E-state index in [0.717, 1.165) is 10.7 Å². The number of nitrogens with zero attached hydrogens (tertiary/aromatic N) is 2. The van der Waals surface area contributed by atoms with Crippen molar-refractivity contribution in [2.75, 3.05) is 33.4 Å². The van der Waals surface area contributed by atoms with Crippen LogP contribution in [0.4, 0.5) is 4.79 Å². The van der Waals surface area contributed by atoms with E-state index in [0.29, 0.717) is 26.2 Å². The molecule has 1 N–H and O–H groups in total. The molecule has 23 heavy (non-hydrogen) atoms. The third kappa shape index (κ3) is 7.76. The zero-order valence-electron chi connectivity index (χ0n) is 15.0. The maximum atomic E-state index is 12.2. The number of carbonyl (C=O) groups is 1. The minimum atomic E-state index is -0.499. The van der Waals surface area contributed by atoms with Gasteiger partial charge in [-0.2, -0.15) is 0 Å². The molecule has 1 aromatic heterocycles.